The third-order valence-electron chi connectivity index (χ3n) is 3.10. The number of hydrogen-bond donors (Lipinski definition) is 1. The lowest BCUT2D eigenvalue weighted by atomic mass is 10.2. The highest BCUT2D eigenvalue weighted by atomic mass is 16.5. The van der Waals surface area contributed by atoms with Gasteiger partial charge in [-0.1, -0.05) is 48.5 Å². The summed E-state index contributed by atoms with van der Waals surface area (Å²) in [6.07, 6.45) is 4.58. The molecule has 2 aromatic rings. The van der Waals surface area contributed by atoms with Crippen LogP contribution >= 0.6 is 0 Å². The molecule has 0 spiro atoms. The first-order valence-corrected chi connectivity index (χ1v) is 7.43. The largest absolute Gasteiger partial charge is 0.481 e. The van der Waals surface area contributed by atoms with E-state index in [0.717, 1.165) is 11.1 Å². The summed E-state index contributed by atoms with van der Waals surface area (Å²) in [5, 5.41) is 3.88. The fourth-order valence-corrected chi connectivity index (χ4v) is 1.90. The molecule has 1 N–H and O–H groups in total. The number of carbonyl (C=O) groups is 1. The lowest BCUT2D eigenvalue weighted by Gasteiger charge is -2.13. The summed E-state index contributed by atoms with van der Waals surface area (Å²) >= 11 is 0. The van der Waals surface area contributed by atoms with Crippen molar-refractivity contribution in [1.29, 1.82) is 0 Å². The van der Waals surface area contributed by atoms with Gasteiger partial charge >= 0.3 is 0 Å². The lowest BCUT2D eigenvalue weighted by molar-refractivity contribution is -0.127. The van der Waals surface area contributed by atoms with Gasteiger partial charge in [-0.05, 0) is 43.2 Å². The van der Waals surface area contributed by atoms with E-state index in [1.165, 1.54) is 6.21 Å². The molecule has 0 bridgehead atoms. The van der Waals surface area contributed by atoms with Gasteiger partial charge in [0.05, 0.1) is 0 Å². The van der Waals surface area contributed by atoms with E-state index in [2.05, 4.69) is 10.5 Å². The van der Waals surface area contributed by atoms with E-state index in [1.54, 1.807) is 13.0 Å². The van der Waals surface area contributed by atoms with Crippen molar-refractivity contribution in [2.75, 3.05) is 0 Å². The number of nitrogens with one attached hydrogen (secondary N) is 1. The number of nitrogens with zero attached hydrogens (tertiary/aromatic N) is 1. The van der Waals surface area contributed by atoms with E-state index in [4.69, 9.17) is 4.74 Å². The molecule has 0 fully saturated rings. The number of carbonyl (C=O) groups excluding carboxylic acids is 1. The van der Waals surface area contributed by atoms with E-state index in [9.17, 15) is 4.79 Å². The first-order chi connectivity index (χ1) is 11.1. The van der Waals surface area contributed by atoms with Gasteiger partial charge in [-0.2, -0.15) is 5.10 Å². The summed E-state index contributed by atoms with van der Waals surface area (Å²) in [5.74, 6) is 0.372. The second-order valence-electron chi connectivity index (χ2n) is 5.10. The molecule has 1 atom stereocenters. The Morgan fingerprint density at radius 3 is 2.70 bits per heavy atom. The fraction of sp³-hybridized carbons (Fsp3) is 0.158. The maximum absolute atomic E-state index is 11.9. The zero-order chi connectivity index (χ0) is 16.5. The number of benzene rings is 2. The Hall–Kier alpha value is -2.88. The molecule has 4 heteroatoms. The summed E-state index contributed by atoms with van der Waals surface area (Å²) in [6, 6.07) is 17.4. The van der Waals surface area contributed by atoms with E-state index in [-0.39, 0.29) is 5.91 Å². The molecular formula is C19H20N2O2. The molecule has 4 nitrogen and oxygen atoms in total. The van der Waals surface area contributed by atoms with Crippen LogP contribution in [0.4, 0.5) is 0 Å². The van der Waals surface area contributed by atoms with Gasteiger partial charge in [-0.25, -0.2) is 5.43 Å². The molecule has 118 valence electrons. The molecule has 0 radical (unpaired) electrons. The minimum atomic E-state index is -0.618. The minimum absolute atomic E-state index is 0.295. The van der Waals surface area contributed by atoms with Crippen molar-refractivity contribution in [2.45, 2.75) is 20.0 Å². The smallest absolute Gasteiger partial charge is 0.280 e. The summed E-state index contributed by atoms with van der Waals surface area (Å²) < 4.78 is 5.58. The molecule has 0 aliphatic carbocycles. The number of aryl methyl sites for hydroxylation is 1. The number of amides is 1. The average molecular weight is 308 g/mol. The van der Waals surface area contributed by atoms with Crippen LogP contribution in [0.15, 0.2) is 65.8 Å². The Kier molecular flexibility index (Phi) is 6.12. The second-order valence-corrected chi connectivity index (χ2v) is 5.10. The average Bonchev–Trinajstić information content (AvgIpc) is 2.55. The van der Waals surface area contributed by atoms with Crippen LogP contribution in [-0.4, -0.2) is 18.2 Å². The van der Waals surface area contributed by atoms with Crippen LogP contribution in [0.3, 0.4) is 0 Å². The van der Waals surface area contributed by atoms with E-state index >= 15 is 0 Å². The molecule has 0 aliphatic rings. The van der Waals surface area contributed by atoms with Gasteiger partial charge in [0.15, 0.2) is 6.10 Å². The Balaban J connectivity index is 1.79. The first kappa shape index (κ1) is 16.5. The van der Waals surface area contributed by atoms with Crippen LogP contribution in [-0.2, 0) is 4.79 Å². The SMILES string of the molecule is Cc1cccc(O[C@@H](C)C(=O)N/N=C\C=C\c2ccccc2)c1. The molecule has 23 heavy (non-hydrogen) atoms. The Bertz CT molecular complexity index is 694. The molecule has 0 heterocycles. The van der Waals surface area contributed by atoms with Crippen LogP contribution in [0, 0.1) is 6.92 Å². The normalized spacial score (nSPS) is 12.4. The first-order valence-electron chi connectivity index (χ1n) is 7.43. The molecule has 2 aromatic carbocycles. The van der Waals surface area contributed by atoms with Crippen LogP contribution in [0.25, 0.3) is 6.08 Å². The molecule has 0 aromatic heterocycles. The fourth-order valence-electron chi connectivity index (χ4n) is 1.90. The van der Waals surface area contributed by atoms with Crippen molar-refractivity contribution in [3.63, 3.8) is 0 Å². The van der Waals surface area contributed by atoms with E-state index in [1.807, 2.05) is 67.6 Å². The van der Waals surface area contributed by atoms with Gasteiger partial charge in [0.1, 0.15) is 5.75 Å². The van der Waals surface area contributed by atoms with Crippen molar-refractivity contribution in [2.24, 2.45) is 5.10 Å². The van der Waals surface area contributed by atoms with Crippen LogP contribution in [0.5, 0.6) is 5.75 Å². The van der Waals surface area contributed by atoms with Crippen molar-refractivity contribution >= 4 is 18.2 Å². The number of hydrogen-bond acceptors (Lipinski definition) is 3. The number of hydrazone groups is 1. The monoisotopic (exact) mass is 308 g/mol. The maximum Gasteiger partial charge on any atom is 0.280 e. The van der Waals surface area contributed by atoms with E-state index < -0.39 is 6.10 Å². The van der Waals surface area contributed by atoms with Crippen molar-refractivity contribution < 1.29 is 9.53 Å². The summed E-state index contributed by atoms with van der Waals surface area (Å²) in [4.78, 5) is 11.9. The predicted molar refractivity (Wildman–Crippen MR) is 93.4 cm³/mol. The number of rotatable bonds is 6. The lowest BCUT2D eigenvalue weighted by Crippen LogP contribution is -2.33. The second kappa shape index (κ2) is 8.54. The molecule has 0 aliphatic heterocycles. The van der Waals surface area contributed by atoms with Crippen molar-refractivity contribution in [3.8, 4) is 5.75 Å². The Morgan fingerprint density at radius 1 is 1.17 bits per heavy atom. The van der Waals surface area contributed by atoms with Crippen molar-refractivity contribution in [1.82, 2.24) is 5.43 Å². The topological polar surface area (TPSA) is 50.7 Å². The molecule has 0 saturated heterocycles. The molecule has 0 unspecified atom stereocenters. The number of allylic oxidation sites excluding steroid dienone is 1. The standard InChI is InChI=1S/C19H20N2O2/c1-15-8-6-12-18(14-15)23-16(2)19(22)21-20-13-7-11-17-9-4-3-5-10-17/h3-14,16H,1-2H3,(H,21,22)/b11-7+,20-13-/t16-/m0/s1. The van der Waals surface area contributed by atoms with Gasteiger partial charge in [-0.15, -0.1) is 0 Å². The van der Waals surface area contributed by atoms with Gasteiger partial charge < -0.3 is 4.74 Å². The van der Waals surface area contributed by atoms with Crippen LogP contribution in [0.2, 0.25) is 0 Å². The highest BCUT2D eigenvalue weighted by Crippen LogP contribution is 2.14. The third kappa shape index (κ3) is 5.79. The predicted octanol–water partition coefficient (Wildman–Crippen LogP) is 3.58. The molecular weight excluding hydrogens is 288 g/mol. The quantitative estimate of drug-likeness (QED) is 0.655. The van der Waals surface area contributed by atoms with Crippen LogP contribution < -0.4 is 10.2 Å². The van der Waals surface area contributed by atoms with E-state index in [0.29, 0.717) is 5.75 Å². The summed E-state index contributed by atoms with van der Waals surface area (Å²) in [5.41, 5.74) is 4.61. The van der Waals surface area contributed by atoms with Gasteiger partial charge in [0.25, 0.3) is 5.91 Å². The minimum Gasteiger partial charge on any atom is -0.481 e. The summed E-state index contributed by atoms with van der Waals surface area (Å²) in [6.45, 7) is 3.66. The highest BCUT2D eigenvalue weighted by Gasteiger charge is 2.13. The third-order valence-corrected chi connectivity index (χ3v) is 3.10. The van der Waals surface area contributed by atoms with Gasteiger partial charge in [0, 0.05) is 6.21 Å². The van der Waals surface area contributed by atoms with Crippen molar-refractivity contribution in [3.05, 3.63) is 71.8 Å². The molecule has 0 saturated carbocycles. The zero-order valence-corrected chi connectivity index (χ0v) is 13.3. The molecule has 2 rings (SSSR count). The number of ether oxygens (including phenoxy) is 1. The highest BCUT2D eigenvalue weighted by molar-refractivity contribution is 5.83. The molecule has 1 amide bonds. The van der Waals surface area contributed by atoms with Gasteiger partial charge in [0.2, 0.25) is 0 Å². The Labute approximate surface area is 136 Å². The van der Waals surface area contributed by atoms with Crippen LogP contribution in [0.1, 0.15) is 18.1 Å². The summed E-state index contributed by atoms with van der Waals surface area (Å²) in [7, 11) is 0. The maximum atomic E-state index is 11.9. The van der Waals surface area contributed by atoms with Gasteiger partial charge in [-0.3, -0.25) is 4.79 Å². The zero-order valence-electron chi connectivity index (χ0n) is 13.3. The Morgan fingerprint density at radius 2 is 1.96 bits per heavy atom.